The van der Waals surface area contributed by atoms with Crippen molar-refractivity contribution in [2.75, 3.05) is 12.0 Å². The lowest BCUT2D eigenvalue weighted by molar-refractivity contribution is 0.0556. The molecule has 16 heteroatoms. The van der Waals surface area contributed by atoms with E-state index in [1.165, 1.54) is 10.8 Å². The number of aryl methyl sites for hydroxylation is 1. The Morgan fingerprint density at radius 3 is 2.51 bits per heavy atom. The Hall–Kier alpha value is -5.25. The highest BCUT2D eigenvalue weighted by Gasteiger charge is 2.46. The topological polar surface area (TPSA) is 196 Å². The van der Waals surface area contributed by atoms with E-state index in [-0.39, 0.29) is 40.4 Å². The summed E-state index contributed by atoms with van der Waals surface area (Å²) in [5, 5.41) is 17.5. The fourth-order valence-corrected chi connectivity index (χ4v) is 8.01. The van der Waals surface area contributed by atoms with E-state index in [9.17, 15) is 13.2 Å². The zero-order valence-electron chi connectivity index (χ0n) is 24.4. The number of nitrogens with one attached hydrogen (secondary N) is 1. The summed E-state index contributed by atoms with van der Waals surface area (Å²) in [6.45, 7) is 0. The molecule has 0 spiro atoms. The highest BCUT2D eigenvalue weighted by atomic mass is 32.2. The summed E-state index contributed by atoms with van der Waals surface area (Å²) in [7, 11) is -1.90. The predicted octanol–water partition coefficient (Wildman–Crippen LogP) is 2.39. The van der Waals surface area contributed by atoms with Crippen molar-refractivity contribution in [2.24, 2.45) is 7.05 Å². The quantitative estimate of drug-likeness (QED) is 0.286. The molecule has 228 valence electrons. The molecule has 2 atom stereocenters. The second-order valence-electron chi connectivity index (χ2n) is 11.8. The van der Waals surface area contributed by atoms with Crippen molar-refractivity contribution in [3.05, 3.63) is 60.8 Å². The van der Waals surface area contributed by atoms with Crippen molar-refractivity contribution in [2.45, 2.75) is 48.6 Å². The van der Waals surface area contributed by atoms with Gasteiger partial charge in [0.15, 0.2) is 21.3 Å². The predicted molar refractivity (Wildman–Crippen MR) is 163 cm³/mol. The van der Waals surface area contributed by atoms with Gasteiger partial charge in [-0.15, -0.1) is 10.2 Å². The third-order valence-corrected chi connectivity index (χ3v) is 10.0. The number of nitrogens with zero attached hydrogens (tertiary/aromatic N) is 10. The smallest absolute Gasteiger partial charge is 0.292 e. The van der Waals surface area contributed by atoms with Crippen molar-refractivity contribution in [1.29, 1.82) is 0 Å². The van der Waals surface area contributed by atoms with E-state index < -0.39 is 9.84 Å². The third kappa shape index (κ3) is 4.43. The number of piperidine rings is 1. The van der Waals surface area contributed by atoms with Gasteiger partial charge in [-0.3, -0.25) is 9.48 Å². The Labute approximate surface area is 256 Å². The van der Waals surface area contributed by atoms with E-state index >= 15 is 0 Å². The Balaban J connectivity index is 1.17. The first-order chi connectivity index (χ1) is 21.7. The molecule has 2 saturated heterocycles. The molecule has 1 amide bonds. The Kier molecular flexibility index (Phi) is 6.00. The number of fused-ring (bicyclic) bond motifs is 4. The first kappa shape index (κ1) is 27.3. The molecule has 2 fully saturated rings. The first-order valence-corrected chi connectivity index (χ1v) is 16.4. The third-order valence-electron chi connectivity index (χ3n) is 8.85. The van der Waals surface area contributed by atoms with Gasteiger partial charge in [-0.2, -0.15) is 14.7 Å². The number of rotatable bonds is 5. The number of nitrogen functional groups attached to an aromatic ring is 1. The lowest BCUT2D eigenvalue weighted by atomic mass is 9.87. The number of anilines is 1. The van der Waals surface area contributed by atoms with Crippen LogP contribution in [0.15, 0.2) is 54.2 Å². The number of aromatic amines is 1. The molecule has 0 saturated carbocycles. The van der Waals surface area contributed by atoms with Gasteiger partial charge in [-0.25, -0.2) is 23.4 Å². The van der Waals surface area contributed by atoms with Crippen LogP contribution in [0.4, 0.5) is 5.82 Å². The average Bonchev–Trinajstić information content (AvgIpc) is 3.81. The molecule has 15 nitrogen and oxygen atoms in total. The van der Waals surface area contributed by atoms with Gasteiger partial charge in [-0.1, -0.05) is 0 Å². The van der Waals surface area contributed by atoms with Crippen LogP contribution in [0, 0.1) is 0 Å². The second-order valence-corrected chi connectivity index (χ2v) is 13.7. The molecule has 2 aliphatic heterocycles. The van der Waals surface area contributed by atoms with Crippen LogP contribution in [0.2, 0.25) is 0 Å². The van der Waals surface area contributed by atoms with Crippen LogP contribution in [-0.2, 0) is 16.9 Å². The monoisotopic (exact) mass is 624 g/mol. The van der Waals surface area contributed by atoms with Gasteiger partial charge < -0.3 is 15.6 Å². The van der Waals surface area contributed by atoms with Crippen molar-refractivity contribution in [1.82, 2.24) is 54.4 Å². The van der Waals surface area contributed by atoms with Crippen LogP contribution in [0.3, 0.4) is 0 Å². The van der Waals surface area contributed by atoms with E-state index in [4.69, 9.17) is 10.7 Å². The number of benzene rings is 1. The van der Waals surface area contributed by atoms with Crippen LogP contribution in [-0.4, -0.2) is 87.1 Å². The molecule has 1 aromatic carbocycles. The summed E-state index contributed by atoms with van der Waals surface area (Å²) in [5.41, 5.74) is 10.4. The lowest BCUT2D eigenvalue weighted by Gasteiger charge is -2.38. The SMILES string of the molecule is Cn1cc2cc(-c3ncc(-c4cnn5c(N)c(S(C)(=O)=O)c(C6CC7CCC(C6)N7C(=O)c6nnc[nH]6)nc45)cn3)ccc2n1. The van der Waals surface area contributed by atoms with Crippen molar-refractivity contribution < 1.29 is 13.2 Å². The zero-order chi connectivity index (χ0) is 31.0. The number of sulfone groups is 1. The number of carbonyl (C=O) groups excluding carboxylic acids is 1. The summed E-state index contributed by atoms with van der Waals surface area (Å²) < 4.78 is 29.4. The number of carbonyl (C=O) groups is 1. The molecule has 8 rings (SSSR count). The van der Waals surface area contributed by atoms with Crippen LogP contribution in [0.25, 0.3) is 39.1 Å². The van der Waals surface area contributed by atoms with Crippen molar-refractivity contribution >= 4 is 38.1 Å². The fourth-order valence-electron chi connectivity index (χ4n) is 6.95. The number of aromatic nitrogens is 10. The largest absolute Gasteiger partial charge is 0.382 e. The minimum atomic E-state index is -3.77. The molecule has 2 bridgehead atoms. The lowest BCUT2D eigenvalue weighted by Crippen LogP contribution is -2.46. The van der Waals surface area contributed by atoms with Gasteiger partial charge in [0.25, 0.3) is 5.91 Å². The normalized spacial score (nSPS) is 20.0. The van der Waals surface area contributed by atoms with Crippen molar-refractivity contribution in [3.63, 3.8) is 0 Å². The molecule has 3 N–H and O–H groups in total. The molecule has 2 unspecified atom stereocenters. The molecule has 6 aromatic rings. The Morgan fingerprint density at radius 1 is 1.07 bits per heavy atom. The van der Waals surface area contributed by atoms with Gasteiger partial charge in [0, 0.05) is 72.0 Å². The summed E-state index contributed by atoms with van der Waals surface area (Å²) in [6, 6.07) is 5.68. The van der Waals surface area contributed by atoms with E-state index in [2.05, 4.69) is 35.3 Å². The van der Waals surface area contributed by atoms with E-state index in [0.29, 0.717) is 41.1 Å². The Morgan fingerprint density at radius 2 is 1.82 bits per heavy atom. The molecule has 45 heavy (non-hydrogen) atoms. The van der Waals surface area contributed by atoms with Crippen LogP contribution >= 0.6 is 0 Å². The van der Waals surface area contributed by atoms with Crippen molar-refractivity contribution in [3.8, 4) is 22.5 Å². The van der Waals surface area contributed by atoms with Gasteiger partial charge in [0.1, 0.15) is 17.0 Å². The van der Waals surface area contributed by atoms with Gasteiger partial charge in [0.2, 0.25) is 5.82 Å². The summed E-state index contributed by atoms with van der Waals surface area (Å²) in [5.74, 6) is 0.309. The van der Waals surface area contributed by atoms with E-state index in [0.717, 1.165) is 35.6 Å². The molecule has 0 aliphatic carbocycles. The zero-order valence-corrected chi connectivity index (χ0v) is 25.2. The highest BCUT2D eigenvalue weighted by molar-refractivity contribution is 7.91. The second kappa shape index (κ2) is 9.88. The fraction of sp³-hybridized carbons (Fsp3) is 0.310. The molecular weight excluding hydrogens is 596 g/mol. The van der Waals surface area contributed by atoms with Gasteiger partial charge >= 0.3 is 0 Å². The minimum absolute atomic E-state index is 0.00132. The number of nitrogens with two attached hydrogens (primary N) is 1. The van der Waals surface area contributed by atoms with Crippen LogP contribution < -0.4 is 5.73 Å². The molecule has 2 aliphatic rings. The molecular formula is C29H28N12O3S. The maximum atomic E-state index is 13.2. The first-order valence-electron chi connectivity index (χ1n) is 14.5. The van der Waals surface area contributed by atoms with E-state index in [1.54, 1.807) is 23.3 Å². The maximum absolute atomic E-state index is 13.2. The van der Waals surface area contributed by atoms with Gasteiger partial charge in [-0.05, 0) is 43.9 Å². The number of amides is 1. The number of hydrogen-bond donors (Lipinski definition) is 2. The summed E-state index contributed by atoms with van der Waals surface area (Å²) >= 11 is 0. The average molecular weight is 625 g/mol. The van der Waals surface area contributed by atoms with Gasteiger partial charge in [0.05, 0.1) is 17.4 Å². The molecule has 5 aromatic heterocycles. The molecule has 7 heterocycles. The highest BCUT2D eigenvalue weighted by Crippen LogP contribution is 2.45. The summed E-state index contributed by atoms with van der Waals surface area (Å²) in [6.07, 6.45) is 12.1. The standard InChI is InChI=1S/C29H28N12O3S/c1-39-13-17-7-15(3-6-22(17)38-39)26-31-10-18(11-32-26)21-12-35-41-25(30)24(45(2,43)44)23(36-28(21)41)16-8-19-4-5-20(9-16)40(19)29(42)27-33-14-34-37-27/h3,6-7,10-14,16,19-20H,4-5,8-9,30H2,1-2H3,(H,33,34,37). The number of hydrogen-bond acceptors (Lipinski definition) is 11. The van der Waals surface area contributed by atoms with E-state index in [1.807, 2.05) is 36.3 Å². The summed E-state index contributed by atoms with van der Waals surface area (Å²) in [4.78, 5) is 32.0. The minimum Gasteiger partial charge on any atom is -0.382 e. The number of H-pyrrole nitrogens is 1. The van der Waals surface area contributed by atoms with Crippen LogP contribution in [0.1, 0.15) is 47.9 Å². The van der Waals surface area contributed by atoms with Crippen LogP contribution in [0.5, 0.6) is 0 Å². The Bertz CT molecular complexity index is 2210. The molecule has 0 radical (unpaired) electrons. The maximum Gasteiger partial charge on any atom is 0.292 e.